The van der Waals surface area contributed by atoms with E-state index >= 15 is 0 Å². The lowest BCUT2D eigenvalue weighted by Crippen LogP contribution is -2.25. The maximum Gasteiger partial charge on any atom is 0.254 e. The largest absolute Gasteiger partial charge is 0.487 e. The second-order valence-electron chi connectivity index (χ2n) is 7.70. The first-order valence-corrected chi connectivity index (χ1v) is 9.94. The smallest absolute Gasteiger partial charge is 0.254 e. The zero-order chi connectivity index (χ0) is 20.4. The van der Waals surface area contributed by atoms with Crippen LogP contribution in [0.1, 0.15) is 48.3 Å². The van der Waals surface area contributed by atoms with Crippen LogP contribution in [0.5, 0.6) is 5.75 Å². The molecule has 5 nitrogen and oxygen atoms in total. The molecule has 0 N–H and O–H groups in total. The molecular weight excluding hydrogens is 362 g/mol. The van der Waals surface area contributed by atoms with Crippen LogP contribution in [0.2, 0.25) is 0 Å². The predicted octanol–water partition coefficient (Wildman–Crippen LogP) is 3.84. The van der Waals surface area contributed by atoms with Gasteiger partial charge >= 0.3 is 0 Å². The number of rotatable bonds is 5. The molecule has 5 heteroatoms. The van der Waals surface area contributed by atoms with E-state index in [0.717, 1.165) is 22.5 Å². The van der Waals surface area contributed by atoms with Crippen LogP contribution in [0.4, 0.5) is 0 Å². The van der Waals surface area contributed by atoms with Crippen LogP contribution in [0.25, 0.3) is 0 Å². The number of nitrogens with zero attached hydrogens (tertiary/aromatic N) is 3. The lowest BCUT2D eigenvalue weighted by atomic mass is 10.1. The molecule has 1 aliphatic carbocycles. The summed E-state index contributed by atoms with van der Waals surface area (Å²) in [5.41, 5.74) is 3.71. The third kappa shape index (κ3) is 4.60. The lowest BCUT2D eigenvalue weighted by Gasteiger charge is -2.19. The summed E-state index contributed by atoms with van der Waals surface area (Å²) < 4.78 is 9.43. The summed E-state index contributed by atoms with van der Waals surface area (Å²) >= 11 is 0. The van der Waals surface area contributed by atoms with Crippen LogP contribution in [-0.2, 0) is 13.7 Å². The molecule has 1 saturated carbocycles. The van der Waals surface area contributed by atoms with E-state index in [1.807, 2.05) is 49.9 Å². The summed E-state index contributed by atoms with van der Waals surface area (Å²) in [6, 6.07) is 11.5. The van der Waals surface area contributed by atoms with Gasteiger partial charge in [-0.3, -0.25) is 4.79 Å². The molecule has 0 aliphatic heterocycles. The van der Waals surface area contributed by atoms with E-state index in [-0.39, 0.29) is 11.6 Å². The Labute approximate surface area is 171 Å². The SMILES string of the molecule is Cc1cc(OCc2cn(C)cn2)cc(=O)n1[C@H](C)c1ccc(C#CC2CC2)cc1. The van der Waals surface area contributed by atoms with Crippen molar-refractivity contribution in [2.75, 3.05) is 0 Å². The number of imidazole rings is 1. The summed E-state index contributed by atoms with van der Waals surface area (Å²) in [5, 5.41) is 0. The second kappa shape index (κ2) is 8.00. The van der Waals surface area contributed by atoms with E-state index in [1.54, 1.807) is 17.0 Å². The monoisotopic (exact) mass is 387 g/mol. The van der Waals surface area contributed by atoms with E-state index < -0.39 is 0 Å². The molecule has 0 saturated heterocycles. The van der Waals surface area contributed by atoms with Crippen molar-refractivity contribution in [2.45, 2.75) is 39.3 Å². The summed E-state index contributed by atoms with van der Waals surface area (Å²) in [6.45, 7) is 4.30. The van der Waals surface area contributed by atoms with Gasteiger partial charge in [0.1, 0.15) is 12.4 Å². The molecule has 148 valence electrons. The Hall–Kier alpha value is -3.26. The number of hydrogen-bond donors (Lipinski definition) is 0. The number of pyridine rings is 1. The molecule has 29 heavy (non-hydrogen) atoms. The van der Waals surface area contributed by atoms with Gasteiger partial charge in [-0.1, -0.05) is 24.0 Å². The Morgan fingerprint density at radius 1 is 1.24 bits per heavy atom. The molecule has 1 aliphatic rings. The Morgan fingerprint density at radius 2 is 2.00 bits per heavy atom. The maximum atomic E-state index is 12.8. The molecule has 1 aromatic carbocycles. The summed E-state index contributed by atoms with van der Waals surface area (Å²) in [6.07, 6.45) is 6.08. The molecular formula is C24H25N3O2. The topological polar surface area (TPSA) is 49.1 Å². The van der Waals surface area contributed by atoms with Gasteiger partial charge in [0.15, 0.2) is 0 Å². The van der Waals surface area contributed by atoms with Crippen LogP contribution in [0.3, 0.4) is 0 Å². The van der Waals surface area contributed by atoms with Crippen LogP contribution in [0, 0.1) is 24.7 Å². The number of ether oxygens (including phenoxy) is 1. The fourth-order valence-electron chi connectivity index (χ4n) is 3.37. The Kier molecular flexibility index (Phi) is 5.26. The van der Waals surface area contributed by atoms with Gasteiger partial charge in [-0.15, -0.1) is 0 Å². The van der Waals surface area contributed by atoms with Gasteiger partial charge in [-0.25, -0.2) is 4.98 Å². The van der Waals surface area contributed by atoms with Gasteiger partial charge in [0, 0.05) is 36.5 Å². The molecule has 3 aromatic rings. The molecule has 4 rings (SSSR count). The van der Waals surface area contributed by atoms with Crippen molar-refractivity contribution in [3.05, 3.63) is 81.8 Å². The maximum absolute atomic E-state index is 12.8. The molecule has 2 heterocycles. The third-order valence-corrected chi connectivity index (χ3v) is 5.16. The van der Waals surface area contributed by atoms with Gasteiger partial charge in [-0.05, 0) is 50.5 Å². The van der Waals surface area contributed by atoms with Gasteiger partial charge in [0.2, 0.25) is 0 Å². The summed E-state index contributed by atoms with van der Waals surface area (Å²) in [7, 11) is 1.91. The molecule has 0 unspecified atom stereocenters. The average Bonchev–Trinajstić information content (AvgIpc) is 3.44. The molecule has 0 bridgehead atoms. The van der Waals surface area contributed by atoms with Gasteiger partial charge < -0.3 is 13.9 Å². The zero-order valence-electron chi connectivity index (χ0n) is 17.1. The van der Waals surface area contributed by atoms with Gasteiger partial charge in [-0.2, -0.15) is 0 Å². The fourth-order valence-corrected chi connectivity index (χ4v) is 3.37. The average molecular weight is 387 g/mol. The number of hydrogen-bond acceptors (Lipinski definition) is 3. The van der Waals surface area contributed by atoms with Crippen molar-refractivity contribution in [2.24, 2.45) is 13.0 Å². The highest BCUT2D eigenvalue weighted by Crippen LogP contribution is 2.27. The van der Waals surface area contributed by atoms with E-state index in [1.165, 1.54) is 12.8 Å². The van der Waals surface area contributed by atoms with E-state index in [9.17, 15) is 4.79 Å². The van der Waals surface area contributed by atoms with Gasteiger partial charge in [0.25, 0.3) is 5.56 Å². The van der Waals surface area contributed by atoms with Crippen LogP contribution < -0.4 is 10.3 Å². The quantitative estimate of drug-likeness (QED) is 0.625. The minimum absolute atomic E-state index is 0.0715. The Balaban J connectivity index is 1.50. The highest BCUT2D eigenvalue weighted by molar-refractivity contribution is 5.38. The van der Waals surface area contributed by atoms with Crippen molar-refractivity contribution >= 4 is 0 Å². The highest BCUT2D eigenvalue weighted by Gasteiger charge is 2.18. The summed E-state index contributed by atoms with van der Waals surface area (Å²) in [5.74, 6) is 7.66. The van der Waals surface area contributed by atoms with Crippen LogP contribution in [0.15, 0.2) is 53.7 Å². The molecule has 0 radical (unpaired) electrons. The number of aryl methyl sites for hydroxylation is 2. The predicted molar refractivity (Wildman–Crippen MR) is 113 cm³/mol. The fraction of sp³-hybridized carbons (Fsp3) is 0.333. The first-order chi connectivity index (χ1) is 14.0. The zero-order valence-corrected chi connectivity index (χ0v) is 17.1. The van der Waals surface area contributed by atoms with Crippen molar-refractivity contribution in [1.29, 1.82) is 0 Å². The Morgan fingerprint density at radius 3 is 2.62 bits per heavy atom. The molecule has 1 fully saturated rings. The van der Waals surface area contributed by atoms with E-state index in [0.29, 0.717) is 18.3 Å². The molecule has 2 aromatic heterocycles. The standard InChI is InChI=1S/C24H25N3O2/c1-17-12-23(29-15-22-14-26(3)16-25-22)13-24(28)27(17)18(2)21-10-8-20(9-11-21)7-6-19-4-5-19/h8-14,16,18-19H,4-5,15H2,1-3H3/t18-/m1/s1. The molecule has 0 amide bonds. The first-order valence-electron chi connectivity index (χ1n) is 9.94. The van der Waals surface area contributed by atoms with Crippen molar-refractivity contribution in [3.8, 4) is 17.6 Å². The van der Waals surface area contributed by atoms with E-state index in [2.05, 4.69) is 29.0 Å². The minimum atomic E-state index is -0.0777. The van der Waals surface area contributed by atoms with Gasteiger partial charge in [0.05, 0.1) is 18.1 Å². The van der Waals surface area contributed by atoms with Crippen molar-refractivity contribution < 1.29 is 4.74 Å². The lowest BCUT2D eigenvalue weighted by molar-refractivity contribution is 0.300. The molecule has 1 atom stereocenters. The first kappa shape index (κ1) is 19.1. The number of aromatic nitrogens is 3. The van der Waals surface area contributed by atoms with Crippen LogP contribution >= 0.6 is 0 Å². The second-order valence-corrected chi connectivity index (χ2v) is 7.70. The Bertz CT molecular complexity index is 1130. The van der Waals surface area contributed by atoms with Crippen molar-refractivity contribution in [3.63, 3.8) is 0 Å². The van der Waals surface area contributed by atoms with E-state index in [4.69, 9.17) is 4.74 Å². The van der Waals surface area contributed by atoms with Crippen LogP contribution in [-0.4, -0.2) is 14.1 Å². The molecule has 0 spiro atoms. The normalized spacial score (nSPS) is 14.2. The third-order valence-electron chi connectivity index (χ3n) is 5.16. The minimum Gasteiger partial charge on any atom is -0.487 e. The highest BCUT2D eigenvalue weighted by atomic mass is 16.5. The summed E-state index contributed by atoms with van der Waals surface area (Å²) in [4.78, 5) is 17.0. The number of benzene rings is 1. The van der Waals surface area contributed by atoms with Crippen molar-refractivity contribution in [1.82, 2.24) is 14.1 Å².